The van der Waals surface area contributed by atoms with Crippen molar-refractivity contribution in [1.29, 1.82) is 0 Å². The maximum Gasteiger partial charge on any atom is 0.325 e. The molecule has 0 unspecified atom stereocenters. The molecule has 1 heterocycles. The van der Waals surface area contributed by atoms with E-state index < -0.39 is 0 Å². The summed E-state index contributed by atoms with van der Waals surface area (Å²) in [5.74, 6) is 0.827. The Labute approximate surface area is 177 Å². The molecule has 0 radical (unpaired) electrons. The van der Waals surface area contributed by atoms with Crippen LogP contribution in [0.15, 0.2) is 52.4 Å². The lowest BCUT2D eigenvalue weighted by molar-refractivity contribution is -0.141. The third kappa shape index (κ3) is 5.48. The number of carbonyl (C=O) groups is 2. The van der Waals surface area contributed by atoms with Crippen LogP contribution in [-0.4, -0.2) is 36.4 Å². The van der Waals surface area contributed by atoms with E-state index in [4.69, 9.17) is 9.47 Å². The topological polar surface area (TPSA) is 69.9 Å². The molecule has 2 aromatic carbocycles. The van der Waals surface area contributed by atoms with Crippen LogP contribution in [0.5, 0.6) is 5.75 Å². The van der Waals surface area contributed by atoms with Crippen LogP contribution in [0, 0.1) is 6.92 Å². The fourth-order valence-electron chi connectivity index (χ4n) is 2.70. The number of thiazole rings is 1. The van der Waals surface area contributed by atoms with Crippen molar-refractivity contribution in [3.63, 3.8) is 0 Å². The van der Waals surface area contributed by atoms with E-state index in [1.807, 2.05) is 49.4 Å². The molecule has 1 amide bonds. The van der Waals surface area contributed by atoms with Crippen molar-refractivity contribution in [3.8, 4) is 5.75 Å². The highest BCUT2D eigenvalue weighted by Gasteiger charge is 2.12. The number of aromatic nitrogens is 1. The quantitative estimate of drug-likeness (QED) is 0.421. The molecule has 0 fully saturated rings. The van der Waals surface area contributed by atoms with Gasteiger partial charge in [-0.15, -0.1) is 11.8 Å². The lowest BCUT2D eigenvalue weighted by Gasteiger charge is -2.04. The summed E-state index contributed by atoms with van der Waals surface area (Å²) < 4.78 is 12.7. The number of thioether (sulfide) groups is 1. The summed E-state index contributed by atoms with van der Waals surface area (Å²) in [6, 6.07) is 13.6. The van der Waals surface area contributed by atoms with Gasteiger partial charge in [0.05, 0.1) is 24.4 Å². The number of benzene rings is 2. The molecule has 0 aliphatic heterocycles. The molecule has 0 spiro atoms. The number of rotatable bonds is 7. The van der Waals surface area contributed by atoms with Crippen LogP contribution < -0.4 is 9.54 Å². The van der Waals surface area contributed by atoms with Gasteiger partial charge in [-0.1, -0.05) is 17.4 Å². The summed E-state index contributed by atoms with van der Waals surface area (Å²) in [5, 5.41) is 0. The summed E-state index contributed by atoms with van der Waals surface area (Å²) >= 11 is 2.99. The molecule has 3 aromatic rings. The van der Waals surface area contributed by atoms with E-state index in [0.29, 0.717) is 17.0 Å². The number of carbonyl (C=O) groups excluding carboxylic acids is 2. The zero-order chi connectivity index (χ0) is 20.8. The van der Waals surface area contributed by atoms with E-state index in [1.54, 1.807) is 23.4 Å². The standard InChI is InChI=1S/C21H22N2O4S2/c1-14-4-9-17-18(12-14)29-21(23(17)13-20(25)27-3)22-19(24)10-11-28-16-7-5-15(26-2)6-8-16/h4-9,12H,10-11,13H2,1-3H3. The van der Waals surface area contributed by atoms with Gasteiger partial charge in [-0.3, -0.25) is 9.59 Å². The molecule has 8 heteroatoms. The first-order chi connectivity index (χ1) is 14.0. The van der Waals surface area contributed by atoms with Crippen LogP contribution in [0.25, 0.3) is 10.2 Å². The number of aryl methyl sites for hydroxylation is 1. The SMILES string of the molecule is COC(=O)Cn1c(=NC(=O)CCSc2ccc(OC)cc2)sc2cc(C)ccc21. The smallest absolute Gasteiger partial charge is 0.325 e. The lowest BCUT2D eigenvalue weighted by atomic mass is 10.2. The molecule has 0 atom stereocenters. The first-order valence-corrected chi connectivity index (χ1v) is 10.8. The number of methoxy groups -OCH3 is 2. The van der Waals surface area contributed by atoms with Crippen molar-refractivity contribution in [1.82, 2.24) is 4.57 Å². The number of ether oxygens (including phenoxy) is 2. The van der Waals surface area contributed by atoms with Crippen molar-refractivity contribution in [2.24, 2.45) is 4.99 Å². The minimum atomic E-state index is -0.380. The predicted octanol–water partition coefficient (Wildman–Crippen LogP) is 3.80. The summed E-state index contributed by atoms with van der Waals surface area (Å²) in [5.41, 5.74) is 1.97. The number of hydrogen-bond donors (Lipinski definition) is 0. The molecule has 0 bridgehead atoms. The molecule has 29 heavy (non-hydrogen) atoms. The monoisotopic (exact) mass is 430 g/mol. The number of fused-ring (bicyclic) bond motifs is 1. The normalized spacial score (nSPS) is 11.6. The highest BCUT2D eigenvalue weighted by atomic mass is 32.2. The van der Waals surface area contributed by atoms with Crippen LogP contribution in [0.3, 0.4) is 0 Å². The Hall–Kier alpha value is -2.58. The van der Waals surface area contributed by atoms with Crippen LogP contribution in [0.4, 0.5) is 0 Å². The van der Waals surface area contributed by atoms with Crippen molar-refractivity contribution in [2.75, 3.05) is 20.0 Å². The molecular formula is C21H22N2O4S2. The molecule has 1 aromatic heterocycles. The molecular weight excluding hydrogens is 408 g/mol. The third-order valence-electron chi connectivity index (χ3n) is 4.22. The zero-order valence-electron chi connectivity index (χ0n) is 16.5. The minimum absolute atomic E-state index is 0.0201. The van der Waals surface area contributed by atoms with Crippen LogP contribution in [-0.2, 0) is 20.9 Å². The number of esters is 1. The van der Waals surface area contributed by atoms with Gasteiger partial charge in [0.15, 0.2) is 4.80 Å². The van der Waals surface area contributed by atoms with Gasteiger partial charge in [0.2, 0.25) is 5.91 Å². The molecule has 0 aliphatic carbocycles. The van der Waals surface area contributed by atoms with Gasteiger partial charge < -0.3 is 14.0 Å². The Morgan fingerprint density at radius 2 is 1.90 bits per heavy atom. The van der Waals surface area contributed by atoms with Crippen LogP contribution in [0.1, 0.15) is 12.0 Å². The van der Waals surface area contributed by atoms with Gasteiger partial charge in [-0.25, -0.2) is 0 Å². The minimum Gasteiger partial charge on any atom is -0.497 e. The highest BCUT2D eigenvalue weighted by molar-refractivity contribution is 7.99. The van der Waals surface area contributed by atoms with Crippen LogP contribution in [0.2, 0.25) is 0 Å². The van der Waals surface area contributed by atoms with E-state index >= 15 is 0 Å². The van der Waals surface area contributed by atoms with Crippen molar-refractivity contribution in [2.45, 2.75) is 24.8 Å². The Bertz CT molecular complexity index is 1080. The first kappa shape index (κ1) is 21.1. The number of amides is 1. The second kappa shape index (κ2) is 9.76. The Balaban J connectivity index is 1.75. The molecule has 0 N–H and O–H groups in total. The van der Waals surface area contributed by atoms with E-state index in [0.717, 1.165) is 26.4 Å². The molecule has 3 rings (SSSR count). The van der Waals surface area contributed by atoms with Crippen LogP contribution >= 0.6 is 23.1 Å². The second-order valence-electron chi connectivity index (χ2n) is 6.30. The molecule has 0 aliphatic rings. The Morgan fingerprint density at radius 3 is 2.59 bits per heavy atom. The predicted molar refractivity (Wildman–Crippen MR) is 115 cm³/mol. The lowest BCUT2D eigenvalue weighted by Crippen LogP contribution is -2.22. The molecule has 0 saturated heterocycles. The van der Waals surface area contributed by atoms with Gasteiger partial charge in [-0.05, 0) is 48.9 Å². The molecule has 0 saturated carbocycles. The Kier molecular flexibility index (Phi) is 7.11. The highest BCUT2D eigenvalue weighted by Crippen LogP contribution is 2.22. The number of nitrogens with zero attached hydrogens (tertiary/aromatic N) is 2. The van der Waals surface area contributed by atoms with Gasteiger partial charge >= 0.3 is 5.97 Å². The van der Waals surface area contributed by atoms with Crippen molar-refractivity contribution < 1.29 is 19.1 Å². The van der Waals surface area contributed by atoms with Crippen molar-refractivity contribution in [3.05, 3.63) is 52.8 Å². The molecule has 152 valence electrons. The summed E-state index contributed by atoms with van der Waals surface area (Å²) in [6.07, 6.45) is 0.308. The average molecular weight is 431 g/mol. The summed E-state index contributed by atoms with van der Waals surface area (Å²) in [6.45, 7) is 2.02. The van der Waals surface area contributed by atoms with Gasteiger partial charge in [0.1, 0.15) is 12.3 Å². The zero-order valence-corrected chi connectivity index (χ0v) is 18.1. The largest absolute Gasteiger partial charge is 0.497 e. The molecule has 6 nitrogen and oxygen atoms in total. The van der Waals surface area contributed by atoms with Gasteiger partial charge in [0.25, 0.3) is 0 Å². The average Bonchev–Trinajstić information content (AvgIpc) is 3.04. The summed E-state index contributed by atoms with van der Waals surface area (Å²) in [4.78, 5) is 30.1. The maximum absolute atomic E-state index is 12.4. The fraction of sp³-hybridized carbons (Fsp3) is 0.286. The second-order valence-corrected chi connectivity index (χ2v) is 8.48. The van der Waals surface area contributed by atoms with E-state index in [1.165, 1.54) is 18.4 Å². The summed E-state index contributed by atoms with van der Waals surface area (Å²) in [7, 11) is 2.98. The Morgan fingerprint density at radius 1 is 1.14 bits per heavy atom. The number of hydrogen-bond acceptors (Lipinski definition) is 6. The van der Waals surface area contributed by atoms with E-state index in [2.05, 4.69) is 4.99 Å². The first-order valence-electron chi connectivity index (χ1n) is 9.01. The third-order valence-corrected chi connectivity index (χ3v) is 6.27. The van der Waals surface area contributed by atoms with E-state index in [-0.39, 0.29) is 18.4 Å². The maximum atomic E-state index is 12.4. The van der Waals surface area contributed by atoms with E-state index in [9.17, 15) is 9.59 Å². The van der Waals surface area contributed by atoms with Gasteiger partial charge in [0, 0.05) is 17.1 Å². The fourth-order valence-corrected chi connectivity index (χ4v) is 4.69. The van der Waals surface area contributed by atoms with Gasteiger partial charge in [-0.2, -0.15) is 4.99 Å². The van der Waals surface area contributed by atoms with Crippen molar-refractivity contribution >= 4 is 45.2 Å².